The molecule has 2 aliphatic rings. The van der Waals surface area contributed by atoms with Crippen LogP contribution in [-0.4, -0.2) is 44.2 Å². The fraction of sp³-hybridized carbons (Fsp3) is 0.417. The standard InChI is InChI=1S/C24H28FN3O4S/c1-16-10-12-27(13-11-16)33(31,32)19-8-9-21-20(14-19)24(2,3)23(30)28(21)15-22(29)26-18-6-4-17(25)5-7-18/h4-9,14,16H,10-13,15H2,1-3H3,(H,26,29). The quantitative estimate of drug-likeness (QED) is 0.720. The fourth-order valence-corrected chi connectivity index (χ4v) is 5.88. The topological polar surface area (TPSA) is 86.8 Å². The Kier molecular flexibility index (Phi) is 6.05. The van der Waals surface area contributed by atoms with E-state index in [1.54, 1.807) is 26.0 Å². The highest BCUT2D eigenvalue weighted by Crippen LogP contribution is 2.43. The van der Waals surface area contributed by atoms with Crippen molar-refractivity contribution in [2.75, 3.05) is 29.9 Å². The SMILES string of the molecule is CC1CCN(S(=O)(=O)c2ccc3c(c2)C(C)(C)C(=O)N3CC(=O)Nc2ccc(F)cc2)CC1. The molecule has 2 heterocycles. The average molecular weight is 474 g/mol. The van der Waals surface area contributed by atoms with Crippen LogP contribution in [0.15, 0.2) is 47.4 Å². The van der Waals surface area contributed by atoms with Crippen molar-refractivity contribution in [3.05, 3.63) is 53.8 Å². The summed E-state index contributed by atoms with van der Waals surface area (Å²) in [5.74, 6) is -0.628. The van der Waals surface area contributed by atoms with E-state index in [9.17, 15) is 22.4 Å². The predicted molar refractivity (Wildman–Crippen MR) is 124 cm³/mol. The number of carbonyl (C=O) groups excluding carboxylic acids is 2. The van der Waals surface area contributed by atoms with Crippen LogP contribution in [0.3, 0.4) is 0 Å². The number of fused-ring (bicyclic) bond motifs is 1. The van der Waals surface area contributed by atoms with Crippen molar-refractivity contribution in [2.45, 2.75) is 43.9 Å². The number of benzene rings is 2. The fourth-order valence-electron chi connectivity index (χ4n) is 4.38. The van der Waals surface area contributed by atoms with Gasteiger partial charge in [0.05, 0.1) is 10.3 Å². The number of piperidine rings is 1. The van der Waals surface area contributed by atoms with Gasteiger partial charge >= 0.3 is 0 Å². The highest BCUT2D eigenvalue weighted by molar-refractivity contribution is 7.89. The Morgan fingerprint density at radius 3 is 2.39 bits per heavy atom. The monoisotopic (exact) mass is 473 g/mol. The molecule has 0 spiro atoms. The maximum absolute atomic E-state index is 13.2. The molecule has 176 valence electrons. The summed E-state index contributed by atoms with van der Waals surface area (Å²) in [5, 5.41) is 2.65. The van der Waals surface area contributed by atoms with E-state index in [4.69, 9.17) is 0 Å². The highest BCUT2D eigenvalue weighted by Gasteiger charge is 2.45. The lowest BCUT2D eigenvalue weighted by atomic mass is 9.86. The smallest absolute Gasteiger partial charge is 0.244 e. The van der Waals surface area contributed by atoms with Crippen LogP contribution in [0.4, 0.5) is 15.8 Å². The first-order valence-corrected chi connectivity index (χ1v) is 12.5. The third kappa shape index (κ3) is 4.39. The highest BCUT2D eigenvalue weighted by atomic mass is 32.2. The molecule has 0 aromatic heterocycles. The summed E-state index contributed by atoms with van der Waals surface area (Å²) in [5.41, 5.74) is 0.539. The molecule has 1 fully saturated rings. The van der Waals surface area contributed by atoms with Gasteiger partial charge in [-0.1, -0.05) is 6.92 Å². The van der Waals surface area contributed by atoms with Gasteiger partial charge in [-0.3, -0.25) is 9.59 Å². The van der Waals surface area contributed by atoms with Crippen molar-refractivity contribution in [2.24, 2.45) is 5.92 Å². The minimum atomic E-state index is -3.67. The second kappa shape index (κ2) is 8.53. The summed E-state index contributed by atoms with van der Waals surface area (Å²) in [7, 11) is -3.67. The molecule has 2 aliphatic heterocycles. The minimum Gasteiger partial charge on any atom is -0.325 e. The van der Waals surface area contributed by atoms with E-state index in [1.165, 1.54) is 39.5 Å². The molecule has 9 heteroatoms. The van der Waals surface area contributed by atoms with E-state index >= 15 is 0 Å². The Morgan fingerprint density at radius 2 is 1.76 bits per heavy atom. The summed E-state index contributed by atoms with van der Waals surface area (Å²) in [6.45, 7) is 6.31. The number of nitrogens with one attached hydrogen (secondary N) is 1. The molecule has 0 bridgehead atoms. The largest absolute Gasteiger partial charge is 0.325 e. The van der Waals surface area contributed by atoms with Crippen molar-refractivity contribution in [1.29, 1.82) is 0 Å². The van der Waals surface area contributed by atoms with Gasteiger partial charge in [0.25, 0.3) is 0 Å². The zero-order chi connectivity index (χ0) is 24.0. The van der Waals surface area contributed by atoms with Crippen LogP contribution in [0.5, 0.6) is 0 Å². The maximum Gasteiger partial charge on any atom is 0.244 e. The number of nitrogens with zero attached hydrogens (tertiary/aromatic N) is 2. The maximum atomic E-state index is 13.2. The lowest BCUT2D eigenvalue weighted by molar-refractivity contribution is -0.124. The summed E-state index contributed by atoms with van der Waals surface area (Å²) < 4.78 is 41.0. The Morgan fingerprint density at radius 1 is 1.12 bits per heavy atom. The van der Waals surface area contributed by atoms with Crippen molar-refractivity contribution >= 4 is 33.2 Å². The Hall–Kier alpha value is -2.78. The lowest BCUT2D eigenvalue weighted by Crippen LogP contribution is -2.40. The third-order valence-corrected chi connectivity index (χ3v) is 8.42. The zero-order valence-corrected chi connectivity index (χ0v) is 19.8. The Labute approximate surface area is 193 Å². The molecule has 0 aliphatic carbocycles. The average Bonchev–Trinajstić information content (AvgIpc) is 2.96. The molecule has 7 nitrogen and oxygen atoms in total. The van der Waals surface area contributed by atoms with Gasteiger partial charge in [-0.15, -0.1) is 0 Å². The molecule has 2 aromatic rings. The predicted octanol–water partition coefficient (Wildman–Crippen LogP) is 3.51. The van der Waals surface area contributed by atoms with Gasteiger partial charge in [0, 0.05) is 24.5 Å². The second-order valence-corrected chi connectivity index (χ2v) is 11.3. The van der Waals surface area contributed by atoms with E-state index in [0.29, 0.717) is 35.9 Å². The molecule has 33 heavy (non-hydrogen) atoms. The summed E-state index contributed by atoms with van der Waals surface area (Å²) in [6, 6.07) is 10.0. The van der Waals surface area contributed by atoms with Gasteiger partial charge in [0.2, 0.25) is 21.8 Å². The number of hydrogen-bond acceptors (Lipinski definition) is 4. The third-order valence-electron chi connectivity index (χ3n) is 6.52. The molecular formula is C24H28FN3O4S. The van der Waals surface area contributed by atoms with Crippen LogP contribution in [0.2, 0.25) is 0 Å². The van der Waals surface area contributed by atoms with Gasteiger partial charge in [-0.25, -0.2) is 12.8 Å². The number of carbonyl (C=O) groups is 2. The molecular weight excluding hydrogens is 445 g/mol. The van der Waals surface area contributed by atoms with Crippen LogP contribution in [-0.2, 0) is 25.0 Å². The molecule has 2 amide bonds. The molecule has 1 saturated heterocycles. The number of amides is 2. The van der Waals surface area contributed by atoms with Crippen molar-refractivity contribution in [1.82, 2.24) is 4.31 Å². The number of halogens is 1. The first kappa shape index (κ1) is 23.4. The van der Waals surface area contributed by atoms with Crippen molar-refractivity contribution in [3.8, 4) is 0 Å². The molecule has 0 saturated carbocycles. The van der Waals surface area contributed by atoms with Crippen molar-refractivity contribution < 1.29 is 22.4 Å². The van der Waals surface area contributed by atoms with Gasteiger partial charge in [-0.2, -0.15) is 4.31 Å². The minimum absolute atomic E-state index is 0.161. The van der Waals surface area contributed by atoms with Gasteiger partial charge in [0.15, 0.2) is 0 Å². The molecule has 0 unspecified atom stereocenters. The Balaban J connectivity index is 1.58. The normalized spacial score (nSPS) is 18.9. The van der Waals surface area contributed by atoms with Crippen LogP contribution in [0, 0.1) is 11.7 Å². The van der Waals surface area contributed by atoms with E-state index in [0.717, 1.165) is 12.8 Å². The van der Waals surface area contributed by atoms with Crippen molar-refractivity contribution in [3.63, 3.8) is 0 Å². The van der Waals surface area contributed by atoms with Gasteiger partial charge in [0.1, 0.15) is 12.4 Å². The van der Waals surface area contributed by atoms with Crippen LogP contribution >= 0.6 is 0 Å². The van der Waals surface area contributed by atoms with Crippen LogP contribution < -0.4 is 10.2 Å². The number of rotatable bonds is 5. The first-order chi connectivity index (χ1) is 15.5. The number of anilines is 2. The molecule has 2 aromatic carbocycles. The number of sulfonamides is 1. The molecule has 4 rings (SSSR count). The van der Waals surface area contributed by atoms with E-state index < -0.39 is 27.2 Å². The first-order valence-electron chi connectivity index (χ1n) is 11.0. The Bertz CT molecular complexity index is 1190. The van der Waals surface area contributed by atoms with E-state index in [-0.39, 0.29) is 17.3 Å². The lowest BCUT2D eigenvalue weighted by Gasteiger charge is -2.29. The molecule has 0 atom stereocenters. The summed E-state index contributed by atoms with van der Waals surface area (Å²) >= 11 is 0. The van der Waals surface area contributed by atoms with Gasteiger partial charge in [-0.05, 0) is 80.6 Å². The van der Waals surface area contributed by atoms with E-state index in [2.05, 4.69) is 12.2 Å². The zero-order valence-electron chi connectivity index (χ0n) is 19.0. The summed E-state index contributed by atoms with van der Waals surface area (Å²) in [4.78, 5) is 27.3. The second-order valence-electron chi connectivity index (χ2n) is 9.34. The molecule has 0 radical (unpaired) electrons. The van der Waals surface area contributed by atoms with Gasteiger partial charge < -0.3 is 10.2 Å². The van der Waals surface area contributed by atoms with Crippen LogP contribution in [0.1, 0.15) is 39.2 Å². The summed E-state index contributed by atoms with van der Waals surface area (Å²) in [6.07, 6.45) is 1.65. The van der Waals surface area contributed by atoms with E-state index in [1.807, 2.05) is 0 Å². The molecule has 1 N–H and O–H groups in total. The van der Waals surface area contributed by atoms with Crippen LogP contribution in [0.25, 0.3) is 0 Å². The number of hydrogen-bond donors (Lipinski definition) is 1.